The number of halogens is 1. The molecule has 7 nitrogen and oxygen atoms in total. The topological polar surface area (TPSA) is 83.0 Å². The SMILES string of the molecule is CCOC(=O)C1=C(c2ccccc2)N=c2s/c(=C\c3ccc(-c4ccc(Br)cc4)o3)c(=O)n2[C@H]1c1ccc(OC)cc1. The Morgan fingerprint density at radius 1 is 1.00 bits per heavy atom. The van der Waals surface area contributed by atoms with Gasteiger partial charge in [-0.25, -0.2) is 9.79 Å². The van der Waals surface area contributed by atoms with E-state index in [0.717, 1.165) is 21.2 Å². The lowest BCUT2D eigenvalue weighted by Gasteiger charge is -2.26. The van der Waals surface area contributed by atoms with Crippen LogP contribution in [0.2, 0.25) is 0 Å². The van der Waals surface area contributed by atoms with Crippen molar-refractivity contribution in [1.29, 1.82) is 0 Å². The summed E-state index contributed by atoms with van der Waals surface area (Å²) in [5, 5.41) is 0. The van der Waals surface area contributed by atoms with E-state index >= 15 is 0 Å². The Balaban J connectivity index is 1.55. The number of thiazole rings is 1. The Kier molecular flexibility index (Phi) is 7.78. The standard InChI is InChI=1S/C33H25BrN2O5S/c1-3-40-32(38)28-29(21-7-5-4-6-8-21)35-33-36(30(28)22-11-15-24(39-2)16-12-22)31(37)27(42-33)19-25-17-18-26(41-25)20-9-13-23(34)14-10-20/h4-19,30H,3H2,1-2H3/b27-19-/t30-/m0/s1. The largest absolute Gasteiger partial charge is 0.497 e. The zero-order valence-corrected chi connectivity index (χ0v) is 25.1. The minimum atomic E-state index is -0.765. The van der Waals surface area contributed by atoms with E-state index < -0.39 is 12.0 Å². The minimum absolute atomic E-state index is 0.184. The van der Waals surface area contributed by atoms with Crippen molar-refractivity contribution in [3.8, 4) is 17.1 Å². The molecule has 0 bridgehead atoms. The summed E-state index contributed by atoms with van der Waals surface area (Å²) in [5.74, 6) is 1.36. The number of benzene rings is 3. The van der Waals surface area contributed by atoms with Gasteiger partial charge in [0.15, 0.2) is 4.80 Å². The van der Waals surface area contributed by atoms with Crippen molar-refractivity contribution in [2.24, 2.45) is 4.99 Å². The maximum atomic E-state index is 14.0. The van der Waals surface area contributed by atoms with E-state index in [1.54, 1.807) is 24.7 Å². The first kappa shape index (κ1) is 27.7. The number of esters is 1. The predicted octanol–water partition coefficient (Wildman–Crippen LogP) is 5.97. The van der Waals surface area contributed by atoms with Gasteiger partial charge in [-0.05, 0) is 48.9 Å². The van der Waals surface area contributed by atoms with E-state index in [-0.39, 0.29) is 12.2 Å². The average molecular weight is 642 g/mol. The van der Waals surface area contributed by atoms with Gasteiger partial charge < -0.3 is 13.9 Å². The first-order valence-electron chi connectivity index (χ1n) is 13.2. The summed E-state index contributed by atoms with van der Waals surface area (Å²) in [7, 11) is 1.59. The van der Waals surface area contributed by atoms with Crippen LogP contribution in [0.1, 0.15) is 29.9 Å². The van der Waals surface area contributed by atoms with Crippen molar-refractivity contribution >= 4 is 45.0 Å². The van der Waals surface area contributed by atoms with Gasteiger partial charge in [-0.2, -0.15) is 0 Å². The lowest BCUT2D eigenvalue weighted by Crippen LogP contribution is -2.40. The van der Waals surface area contributed by atoms with Gasteiger partial charge in [-0.3, -0.25) is 9.36 Å². The molecule has 42 heavy (non-hydrogen) atoms. The van der Waals surface area contributed by atoms with Crippen LogP contribution < -0.4 is 19.6 Å². The van der Waals surface area contributed by atoms with Crippen LogP contribution in [0.15, 0.2) is 115 Å². The van der Waals surface area contributed by atoms with Crippen molar-refractivity contribution in [3.05, 3.63) is 138 Å². The van der Waals surface area contributed by atoms with Gasteiger partial charge in [0.05, 0.1) is 35.6 Å². The summed E-state index contributed by atoms with van der Waals surface area (Å²) in [6.45, 7) is 1.94. The van der Waals surface area contributed by atoms with Crippen LogP contribution in [0, 0.1) is 0 Å². The van der Waals surface area contributed by atoms with Crippen LogP contribution in [0.4, 0.5) is 0 Å². The average Bonchev–Trinajstić information content (AvgIpc) is 3.61. The number of hydrogen-bond donors (Lipinski definition) is 0. The van der Waals surface area contributed by atoms with E-state index in [2.05, 4.69) is 15.9 Å². The van der Waals surface area contributed by atoms with Crippen molar-refractivity contribution < 1.29 is 18.7 Å². The monoisotopic (exact) mass is 640 g/mol. The Bertz CT molecular complexity index is 1970. The van der Waals surface area contributed by atoms with Crippen LogP contribution >= 0.6 is 27.3 Å². The maximum absolute atomic E-state index is 14.0. The second kappa shape index (κ2) is 11.8. The third-order valence-corrected chi connectivity index (χ3v) is 8.35. The van der Waals surface area contributed by atoms with E-state index in [0.29, 0.717) is 37.9 Å². The molecule has 0 radical (unpaired) electrons. The maximum Gasteiger partial charge on any atom is 0.338 e. The molecule has 1 aliphatic heterocycles. The van der Waals surface area contributed by atoms with Crippen molar-refractivity contribution in [3.63, 3.8) is 0 Å². The molecule has 2 aromatic heterocycles. The zero-order chi connectivity index (χ0) is 29.2. The second-order valence-corrected chi connectivity index (χ2v) is 11.3. The fourth-order valence-corrected chi connectivity index (χ4v) is 6.12. The van der Waals surface area contributed by atoms with Gasteiger partial charge in [-0.1, -0.05) is 81.9 Å². The van der Waals surface area contributed by atoms with Crippen LogP contribution in [0.25, 0.3) is 23.1 Å². The Morgan fingerprint density at radius 3 is 2.43 bits per heavy atom. The third-order valence-electron chi connectivity index (χ3n) is 6.83. The molecule has 0 spiro atoms. The second-order valence-electron chi connectivity index (χ2n) is 9.41. The lowest BCUT2D eigenvalue weighted by molar-refractivity contribution is -0.138. The fourth-order valence-electron chi connectivity index (χ4n) is 4.87. The van der Waals surface area contributed by atoms with E-state index in [4.69, 9.17) is 18.9 Å². The number of methoxy groups -OCH3 is 1. The highest BCUT2D eigenvalue weighted by Crippen LogP contribution is 2.35. The van der Waals surface area contributed by atoms with Gasteiger partial charge in [0.25, 0.3) is 5.56 Å². The molecule has 6 rings (SSSR count). The quantitative estimate of drug-likeness (QED) is 0.205. The molecule has 5 aromatic rings. The van der Waals surface area contributed by atoms with Crippen molar-refractivity contribution in [2.45, 2.75) is 13.0 Å². The third kappa shape index (κ3) is 5.29. The molecule has 3 aromatic carbocycles. The van der Waals surface area contributed by atoms with Crippen LogP contribution in [-0.2, 0) is 9.53 Å². The van der Waals surface area contributed by atoms with Crippen LogP contribution in [0.3, 0.4) is 0 Å². The number of aromatic nitrogens is 1. The number of ether oxygens (including phenoxy) is 2. The number of furan rings is 1. The normalized spacial score (nSPS) is 14.8. The zero-order valence-electron chi connectivity index (χ0n) is 22.7. The van der Waals surface area contributed by atoms with Crippen molar-refractivity contribution in [2.75, 3.05) is 13.7 Å². The number of hydrogen-bond acceptors (Lipinski definition) is 7. The van der Waals surface area contributed by atoms with E-state index in [1.807, 2.05) is 91.0 Å². The highest BCUT2D eigenvalue weighted by Gasteiger charge is 2.35. The van der Waals surface area contributed by atoms with Crippen LogP contribution in [0.5, 0.6) is 5.75 Å². The Morgan fingerprint density at radius 2 is 1.74 bits per heavy atom. The summed E-state index contributed by atoms with van der Waals surface area (Å²) < 4.78 is 19.9. The molecule has 0 N–H and O–H groups in total. The molecule has 1 atom stereocenters. The molecule has 0 amide bonds. The van der Waals surface area contributed by atoms with E-state index in [1.165, 1.54) is 11.3 Å². The molecule has 9 heteroatoms. The lowest BCUT2D eigenvalue weighted by atomic mass is 9.93. The molecule has 0 saturated carbocycles. The number of fused-ring (bicyclic) bond motifs is 1. The molecule has 0 saturated heterocycles. The molecule has 0 aliphatic carbocycles. The number of rotatable bonds is 7. The summed E-state index contributed by atoms with van der Waals surface area (Å²) in [4.78, 5) is 33.0. The Hall–Kier alpha value is -4.47. The van der Waals surface area contributed by atoms with Crippen molar-refractivity contribution in [1.82, 2.24) is 4.57 Å². The molecule has 3 heterocycles. The minimum Gasteiger partial charge on any atom is -0.497 e. The van der Waals surface area contributed by atoms with E-state index in [9.17, 15) is 9.59 Å². The summed E-state index contributed by atoms with van der Waals surface area (Å²) in [6.07, 6.45) is 1.72. The van der Waals surface area contributed by atoms with Gasteiger partial charge in [0.2, 0.25) is 0 Å². The molecular formula is C33H25BrN2O5S. The number of carbonyl (C=O) groups is 1. The summed E-state index contributed by atoms with van der Waals surface area (Å²) in [6, 6.07) is 27.5. The summed E-state index contributed by atoms with van der Waals surface area (Å²) >= 11 is 4.70. The van der Waals surface area contributed by atoms with Gasteiger partial charge in [0, 0.05) is 21.7 Å². The molecule has 210 valence electrons. The fraction of sp³-hybridized carbons (Fsp3) is 0.121. The first-order valence-corrected chi connectivity index (χ1v) is 14.9. The smallest absolute Gasteiger partial charge is 0.338 e. The highest BCUT2D eigenvalue weighted by molar-refractivity contribution is 9.10. The number of nitrogens with zero attached hydrogens (tertiary/aromatic N) is 2. The molecular weight excluding hydrogens is 616 g/mol. The van der Waals surface area contributed by atoms with Gasteiger partial charge >= 0.3 is 5.97 Å². The molecule has 0 fully saturated rings. The highest BCUT2D eigenvalue weighted by atomic mass is 79.9. The van der Waals surface area contributed by atoms with Gasteiger partial charge in [-0.15, -0.1) is 0 Å². The summed E-state index contributed by atoms with van der Waals surface area (Å²) in [5.41, 5.74) is 2.88. The molecule has 1 aliphatic rings. The van der Waals surface area contributed by atoms with Gasteiger partial charge in [0.1, 0.15) is 17.3 Å². The number of carbonyl (C=O) groups excluding carboxylic acids is 1. The predicted molar refractivity (Wildman–Crippen MR) is 166 cm³/mol. The Labute approximate surface area is 253 Å². The van der Waals surface area contributed by atoms with Crippen LogP contribution in [-0.4, -0.2) is 24.3 Å². The molecule has 0 unspecified atom stereocenters. The first-order chi connectivity index (χ1) is 20.5.